The van der Waals surface area contributed by atoms with Gasteiger partial charge < -0.3 is 19.5 Å². The van der Waals surface area contributed by atoms with Crippen molar-refractivity contribution < 1.29 is 14.2 Å². The van der Waals surface area contributed by atoms with Crippen LogP contribution in [0.2, 0.25) is 0 Å². The van der Waals surface area contributed by atoms with Crippen LogP contribution in [-0.4, -0.2) is 51.2 Å². The van der Waals surface area contributed by atoms with Crippen LogP contribution in [0.25, 0.3) is 0 Å². The summed E-state index contributed by atoms with van der Waals surface area (Å²) in [5, 5.41) is 3.37. The number of ether oxygens (including phenoxy) is 3. The fraction of sp³-hybridized carbons (Fsp3) is 1.00. The molecule has 16 heavy (non-hydrogen) atoms. The SMILES string of the molecule is CCOCCOC1COC2(CCNCC2)C1. The molecule has 0 radical (unpaired) electrons. The Bertz CT molecular complexity index is 204. The van der Waals surface area contributed by atoms with Crippen LogP contribution in [0.4, 0.5) is 0 Å². The van der Waals surface area contributed by atoms with Crippen molar-refractivity contribution >= 4 is 0 Å². The zero-order valence-electron chi connectivity index (χ0n) is 10.2. The summed E-state index contributed by atoms with van der Waals surface area (Å²) in [6.45, 7) is 7.06. The Kier molecular flexibility index (Phi) is 4.58. The summed E-state index contributed by atoms with van der Waals surface area (Å²) in [5.41, 5.74) is 0.113. The Labute approximate surface area is 97.6 Å². The van der Waals surface area contributed by atoms with Gasteiger partial charge in [0.1, 0.15) is 0 Å². The van der Waals surface area contributed by atoms with E-state index in [1.54, 1.807) is 0 Å². The highest BCUT2D eigenvalue weighted by atomic mass is 16.6. The molecule has 4 nitrogen and oxygen atoms in total. The molecule has 0 aromatic carbocycles. The molecule has 0 amide bonds. The van der Waals surface area contributed by atoms with Crippen LogP contribution in [0.15, 0.2) is 0 Å². The first-order valence-electron chi connectivity index (χ1n) is 6.39. The lowest BCUT2D eigenvalue weighted by atomic mass is 9.89. The summed E-state index contributed by atoms with van der Waals surface area (Å²) in [5.74, 6) is 0. The van der Waals surface area contributed by atoms with Gasteiger partial charge in [-0.05, 0) is 32.9 Å². The Morgan fingerprint density at radius 2 is 2.12 bits per heavy atom. The van der Waals surface area contributed by atoms with E-state index in [1.165, 1.54) is 0 Å². The predicted octanol–water partition coefficient (Wildman–Crippen LogP) is 0.951. The molecule has 0 aromatic heterocycles. The smallest absolute Gasteiger partial charge is 0.0837 e. The van der Waals surface area contributed by atoms with Crippen LogP contribution in [0.3, 0.4) is 0 Å². The van der Waals surface area contributed by atoms with Crippen LogP contribution >= 0.6 is 0 Å². The standard InChI is InChI=1S/C12H23NO3/c1-2-14-7-8-15-11-9-12(16-10-11)3-5-13-6-4-12/h11,13H,2-10H2,1H3. The van der Waals surface area contributed by atoms with Gasteiger partial charge >= 0.3 is 0 Å². The second kappa shape index (κ2) is 5.96. The minimum absolute atomic E-state index is 0.113. The second-order valence-corrected chi connectivity index (χ2v) is 4.64. The molecule has 0 aromatic rings. The summed E-state index contributed by atoms with van der Waals surface area (Å²) in [6.07, 6.45) is 3.58. The van der Waals surface area contributed by atoms with Gasteiger partial charge in [-0.2, -0.15) is 0 Å². The molecule has 2 saturated heterocycles. The molecule has 0 saturated carbocycles. The average Bonchev–Trinajstić information content (AvgIpc) is 2.69. The maximum atomic E-state index is 5.95. The van der Waals surface area contributed by atoms with E-state index in [1.807, 2.05) is 6.92 Å². The fourth-order valence-corrected chi connectivity index (χ4v) is 2.56. The zero-order valence-corrected chi connectivity index (χ0v) is 10.2. The van der Waals surface area contributed by atoms with Gasteiger partial charge in [0.05, 0.1) is 31.5 Å². The zero-order chi connectivity index (χ0) is 11.3. The van der Waals surface area contributed by atoms with Gasteiger partial charge in [-0.3, -0.25) is 0 Å². The van der Waals surface area contributed by atoms with E-state index in [4.69, 9.17) is 14.2 Å². The van der Waals surface area contributed by atoms with Crippen molar-refractivity contribution in [1.29, 1.82) is 0 Å². The van der Waals surface area contributed by atoms with Crippen LogP contribution in [-0.2, 0) is 14.2 Å². The van der Waals surface area contributed by atoms with E-state index in [0.717, 1.165) is 45.6 Å². The lowest BCUT2D eigenvalue weighted by Gasteiger charge is -2.32. The third-order valence-electron chi connectivity index (χ3n) is 3.48. The van der Waals surface area contributed by atoms with Crippen molar-refractivity contribution in [1.82, 2.24) is 5.32 Å². The molecule has 1 atom stereocenters. The molecule has 0 bridgehead atoms. The Morgan fingerprint density at radius 1 is 1.31 bits per heavy atom. The molecule has 94 valence electrons. The van der Waals surface area contributed by atoms with Gasteiger partial charge in [0, 0.05) is 13.0 Å². The van der Waals surface area contributed by atoms with Crippen molar-refractivity contribution in [3.8, 4) is 0 Å². The lowest BCUT2D eigenvalue weighted by molar-refractivity contribution is -0.0261. The summed E-state index contributed by atoms with van der Waals surface area (Å²) in [4.78, 5) is 0. The molecular weight excluding hydrogens is 206 g/mol. The van der Waals surface area contributed by atoms with E-state index in [-0.39, 0.29) is 11.7 Å². The van der Waals surface area contributed by atoms with E-state index >= 15 is 0 Å². The fourth-order valence-electron chi connectivity index (χ4n) is 2.56. The topological polar surface area (TPSA) is 39.7 Å². The van der Waals surface area contributed by atoms with E-state index < -0.39 is 0 Å². The molecular formula is C12H23NO3. The largest absolute Gasteiger partial charge is 0.379 e. The molecule has 1 N–H and O–H groups in total. The van der Waals surface area contributed by atoms with Crippen molar-refractivity contribution in [2.75, 3.05) is 39.5 Å². The third-order valence-corrected chi connectivity index (χ3v) is 3.48. The first kappa shape index (κ1) is 12.3. The van der Waals surface area contributed by atoms with Gasteiger partial charge in [0.15, 0.2) is 0 Å². The van der Waals surface area contributed by atoms with Crippen LogP contribution in [0.5, 0.6) is 0 Å². The van der Waals surface area contributed by atoms with Gasteiger partial charge in [0.2, 0.25) is 0 Å². The van der Waals surface area contributed by atoms with Crippen molar-refractivity contribution in [2.24, 2.45) is 0 Å². The molecule has 2 aliphatic rings. The number of hydrogen-bond acceptors (Lipinski definition) is 4. The second-order valence-electron chi connectivity index (χ2n) is 4.64. The minimum Gasteiger partial charge on any atom is -0.379 e. The molecule has 1 unspecified atom stereocenters. The lowest BCUT2D eigenvalue weighted by Crippen LogP contribution is -2.41. The quantitative estimate of drug-likeness (QED) is 0.713. The summed E-state index contributed by atoms with van der Waals surface area (Å²) in [6, 6.07) is 0. The van der Waals surface area contributed by atoms with Crippen LogP contribution in [0, 0.1) is 0 Å². The summed E-state index contributed by atoms with van der Waals surface area (Å²) >= 11 is 0. The molecule has 2 rings (SSSR count). The Hall–Kier alpha value is -0.160. The predicted molar refractivity (Wildman–Crippen MR) is 61.6 cm³/mol. The molecule has 2 aliphatic heterocycles. The summed E-state index contributed by atoms with van der Waals surface area (Å²) in [7, 11) is 0. The number of rotatable bonds is 5. The Balaban J connectivity index is 1.66. The first-order chi connectivity index (χ1) is 7.85. The van der Waals surface area contributed by atoms with E-state index in [9.17, 15) is 0 Å². The average molecular weight is 229 g/mol. The van der Waals surface area contributed by atoms with Gasteiger partial charge in [-0.25, -0.2) is 0 Å². The minimum atomic E-state index is 0.113. The molecule has 2 heterocycles. The number of piperidine rings is 1. The monoisotopic (exact) mass is 229 g/mol. The van der Waals surface area contributed by atoms with Crippen molar-refractivity contribution in [2.45, 2.75) is 37.9 Å². The highest BCUT2D eigenvalue weighted by Gasteiger charge is 2.41. The van der Waals surface area contributed by atoms with E-state index in [2.05, 4.69) is 5.32 Å². The first-order valence-corrected chi connectivity index (χ1v) is 6.39. The molecule has 2 fully saturated rings. The van der Waals surface area contributed by atoms with Crippen molar-refractivity contribution in [3.63, 3.8) is 0 Å². The summed E-state index contributed by atoms with van der Waals surface area (Å²) < 4.78 is 17.0. The maximum Gasteiger partial charge on any atom is 0.0837 e. The number of nitrogens with one attached hydrogen (secondary N) is 1. The van der Waals surface area contributed by atoms with Gasteiger partial charge in [0.25, 0.3) is 0 Å². The molecule has 0 aliphatic carbocycles. The van der Waals surface area contributed by atoms with Gasteiger partial charge in [-0.1, -0.05) is 0 Å². The number of hydrogen-bond donors (Lipinski definition) is 1. The molecule has 1 spiro atoms. The highest BCUT2D eigenvalue weighted by molar-refractivity contribution is 4.93. The maximum absolute atomic E-state index is 5.95. The highest BCUT2D eigenvalue weighted by Crippen LogP contribution is 2.34. The van der Waals surface area contributed by atoms with Gasteiger partial charge in [-0.15, -0.1) is 0 Å². The third kappa shape index (κ3) is 3.17. The van der Waals surface area contributed by atoms with Crippen molar-refractivity contribution in [3.05, 3.63) is 0 Å². The van der Waals surface area contributed by atoms with Crippen LogP contribution in [0.1, 0.15) is 26.2 Å². The molecule has 4 heteroatoms. The van der Waals surface area contributed by atoms with E-state index in [0.29, 0.717) is 13.2 Å². The van der Waals surface area contributed by atoms with Crippen LogP contribution < -0.4 is 5.32 Å². The Morgan fingerprint density at radius 3 is 2.88 bits per heavy atom. The normalized spacial score (nSPS) is 28.7.